The van der Waals surface area contributed by atoms with Crippen LogP contribution in [0.2, 0.25) is 0 Å². The molecule has 0 N–H and O–H groups in total. The van der Waals surface area contributed by atoms with Crippen LogP contribution in [0.1, 0.15) is 11.5 Å². The second-order valence-electron chi connectivity index (χ2n) is 3.84. The molecule has 2 aromatic heterocycles. The van der Waals surface area contributed by atoms with Gasteiger partial charge in [0.05, 0.1) is 11.0 Å². The highest BCUT2D eigenvalue weighted by Crippen LogP contribution is 2.18. The van der Waals surface area contributed by atoms with Crippen LogP contribution in [0.3, 0.4) is 0 Å². The van der Waals surface area contributed by atoms with E-state index in [1.54, 1.807) is 12.3 Å². The summed E-state index contributed by atoms with van der Waals surface area (Å²) in [4.78, 5) is 12.8. The molecule has 0 radical (unpaired) electrons. The highest BCUT2D eigenvalue weighted by Gasteiger charge is 2.10. The van der Waals surface area contributed by atoms with E-state index in [0.29, 0.717) is 11.6 Å². The molecule has 0 spiro atoms. The van der Waals surface area contributed by atoms with Crippen LogP contribution in [-0.4, -0.2) is 19.5 Å². The standard InChI is InChI=1S/C13H9N5/c1-9-16-11-4-2-3-5-12(11)18(9)13-15-7-6-10(8-14)17-13/h2-7H,1H3. The molecule has 0 aliphatic rings. The maximum atomic E-state index is 8.88. The number of nitriles is 1. The number of fused-ring (bicyclic) bond motifs is 1. The van der Waals surface area contributed by atoms with Crippen molar-refractivity contribution in [3.05, 3.63) is 48.0 Å². The van der Waals surface area contributed by atoms with Crippen molar-refractivity contribution >= 4 is 11.0 Å². The first kappa shape index (κ1) is 10.4. The van der Waals surface area contributed by atoms with E-state index in [-0.39, 0.29) is 0 Å². The fraction of sp³-hybridized carbons (Fsp3) is 0.0769. The van der Waals surface area contributed by atoms with Crippen LogP contribution < -0.4 is 0 Å². The molecule has 0 atom stereocenters. The Morgan fingerprint density at radius 1 is 1.17 bits per heavy atom. The highest BCUT2D eigenvalue weighted by atomic mass is 15.2. The Morgan fingerprint density at radius 2 is 2.00 bits per heavy atom. The third kappa shape index (κ3) is 1.52. The summed E-state index contributed by atoms with van der Waals surface area (Å²) in [6, 6.07) is 11.4. The molecule has 5 heteroatoms. The van der Waals surface area contributed by atoms with Gasteiger partial charge in [-0.3, -0.25) is 4.57 Å². The van der Waals surface area contributed by atoms with Gasteiger partial charge in [-0.25, -0.2) is 15.0 Å². The van der Waals surface area contributed by atoms with Crippen molar-refractivity contribution in [3.8, 4) is 12.0 Å². The number of benzene rings is 1. The van der Waals surface area contributed by atoms with Crippen molar-refractivity contribution in [2.24, 2.45) is 0 Å². The maximum Gasteiger partial charge on any atom is 0.236 e. The molecule has 0 fully saturated rings. The van der Waals surface area contributed by atoms with E-state index in [1.807, 2.05) is 41.8 Å². The van der Waals surface area contributed by atoms with E-state index in [2.05, 4.69) is 15.0 Å². The molecule has 0 saturated carbocycles. The Labute approximate surface area is 103 Å². The van der Waals surface area contributed by atoms with Gasteiger partial charge >= 0.3 is 0 Å². The number of nitrogens with zero attached hydrogens (tertiary/aromatic N) is 5. The number of para-hydroxylation sites is 2. The zero-order chi connectivity index (χ0) is 12.5. The van der Waals surface area contributed by atoms with Gasteiger partial charge in [0.15, 0.2) is 0 Å². The van der Waals surface area contributed by atoms with Crippen molar-refractivity contribution < 1.29 is 0 Å². The minimum absolute atomic E-state index is 0.345. The number of hydrogen-bond donors (Lipinski definition) is 0. The van der Waals surface area contributed by atoms with E-state index in [1.165, 1.54) is 0 Å². The maximum absolute atomic E-state index is 8.88. The van der Waals surface area contributed by atoms with Crippen LogP contribution in [0.25, 0.3) is 17.0 Å². The summed E-state index contributed by atoms with van der Waals surface area (Å²) < 4.78 is 1.84. The lowest BCUT2D eigenvalue weighted by atomic mass is 10.3. The van der Waals surface area contributed by atoms with Crippen LogP contribution in [0.4, 0.5) is 0 Å². The number of aromatic nitrogens is 4. The van der Waals surface area contributed by atoms with Crippen LogP contribution in [0.15, 0.2) is 36.5 Å². The average molecular weight is 235 g/mol. The first-order valence-electron chi connectivity index (χ1n) is 5.47. The number of aryl methyl sites for hydroxylation is 1. The van der Waals surface area contributed by atoms with Crippen LogP contribution >= 0.6 is 0 Å². The lowest BCUT2D eigenvalue weighted by molar-refractivity contribution is 0.899. The van der Waals surface area contributed by atoms with Crippen LogP contribution in [-0.2, 0) is 0 Å². The van der Waals surface area contributed by atoms with Gasteiger partial charge in [-0.1, -0.05) is 12.1 Å². The molecular weight excluding hydrogens is 226 g/mol. The summed E-state index contributed by atoms with van der Waals surface area (Å²) in [6.07, 6.45) is 1.58. The SMILES string of the molecule is Cc1nc2ccccc2n1-c1nccc(C#N)n1. The summed E-state index contributed by atoms with van der Waals surface area (Å²) in [5.41, 5.74) is 2.17. The summed E-state index contributed by atoms with van der Waals surface area (Å²) in [6.45, 7) is 1.89. The second kappa shape index (κ2) is 3.93. The summed E-state index contributed by atoms with van der Waals surface area (Å²) >= 11 is 0. The highest BCUT2D eigenvalue weighted by molar-refractivity contribution is 5.77. The molecule has 5 nitrogen and oxygen atoms in total. The molecule has 3 aromatic rings. The zero-order valence-electron chi connectivity index (χ0n) is 9.70. The van der Waals surface area contributed by atoms with E-state index >= 15 is 0 Å². The first-order chi connectivity index (χ1) is 8.79. The Morgan fingerprint density at radius 3 is 2.83 bits per heavy atom. The molecule has 86 valence electrons. The summed E-state index contributed by atoms with van der Waals surface area (Å²) in [5.74, 6) is 1.27. The molecule has 2 heterocycles. The Bertz CT molecular complexity index is 766. The van der Waals surface area contributed by atoms with Gasteiger partial charge in [0, 0.05) is 6.20 Å². The summed E-state index contributed by atoms with van der Waals surface area (Å²) in [7, 11) is 0. The molecule has 0 amide bonds. The topological polar surface area (TPSA) is 67.4 Å². The van der Waals surface area contributed by atoms with Gasteiger partial charge in [0.25, 0.3) is 0 Å². The van der Waals surface area contributed by atoms with Crippen molar-refractivity contribution in [1.82, 2.24) is 19.5 Å². The van der Waals surface area contributed by atoms with Crippen molar-refractivity contribution in [3.63, 3.8) is 0 Å². The third-order valence-corrected chi connectivity index (χ3v) is 2.69. The molecule has 0 unspecified atom stereocenters. The predicted octanol–water partition coefficient (Wildman–Crippen LogP) is 2.00. The van der Waals surface area contributed by atoms with Crippen LogP contribution in [0.5, 0.6) is 0 Å². The van der Waals surface area contributed by atoms with E-state index in [9.17, 15) is 0 Å². The van der Waals surface area contributed by atoms with E-state index in [0.717, 1.165) is 16.9 Å². The largest absolute Gasteiger partial charge is 0.264 e. The number of imidazole rings is 1. The van der Waals surface area contributed by atoms with Gasteiger partial charge in [-0.15, -0.1) is 0 Å². The van der Waals surface area contributed by atoms with Gasteiger partial charge in [-0.05, 0) is 25.1 Å². The fourth-order valence-corrected chi connectivity index (χ4v) is 1.92. The molecule has 0 bridgehead atoms. The quantitative estimate of drug-likeness (QED) is 0.647. The fourth-order valence-electron chi connectivity index (χ4n) is 1.92. The molecule has 3 rings (SSSR count). The lowest BCUT2D eigenvalue weighted by Crippen LogP contribution is -2.03. The zero-order valence-corrected chi connectivity index (χ0v) is 9.70. The average Bonchev–Trinajstić information content (AvgIpc) is 2.74. The molecule has 0 aliphatic heterocycles. The van der Waals surface area contributed by atoms with Crippen molar-refractivity contribution in [1.29, 1.82) is 5.26 Å². The molecular formula is C13H9N5. The smallest absolute Gasteiger partial charge is 0.236 e. The van der Waals surface area contributed by atoms with Crippen molar-refractivity contribution in [2.75, 3.05) is 0 Å². The Balaban J connectivity index is 2.31. The van der Waals surface area contributed by atoms with Crippen molar-refractivity contribution in [2.45, 2.75) is 6.92 Å². The monoisotopic (exact) mass is 235 g/mol. The molecule has 18 heavy (non-hydrogen) atoms. The third-order valence-electron chi connectivity index (χ3n) is 2.69. The minimum Gasteiger partial charge on any atom is -0.264 e. The second-order valence-corrected chi connectivity index (χ2v) is 3.84. The van der Waals surface area contributed by atoms with Gasteiger partial charge in [0.2, 0.25) is 5.95 Å². The lowest BCUT2D eigenvalue weighted by Gasteiger charge is -2.04. The molecule has 1 aromatic carbocycles. The normalized spacial score (nSPS) is 10.4. The number of hydrogen-bond acceptors (Lipinski definition) is 4. The van der Waals surface area contributed by atoms with E-state index < -0.39 is 0 Å². The first-order valence-corrected chi connectivity index (χ1v) is 5.47. The minimum atomic E-state index is 0.345. The molecule has 0 aliphatic carbocycles. The van der Waals surface area contributed by atoms with E-state index in [4.69, 9.17) is 5.26 Å². The summed E-state index contributed by atoms with van der Waals surface area (Å²) in [5, 5.41) is 8.88. The van der Waals surface area contributed by atoms with Gasteiger partial charge in [-0.2, -0.15) is 5.26 Å². The molecule has 0 saturated heterocycles. The Hall–Kier alpha value is -2.74. The van der Waals surface area contributed by atoms with Gasteiger partial charge < -0.3 is 0 Å². The van der Waals surface area contributed by atoms with Crippen LogP contribution in [0, 0.1) is 18.3 Å². The number of rotatable bonds is 1. The predicted molar refractivity (Wildman–Crippen MR) is 66.1 cm³/mol. The Kier molecular flexibility index (Phi) is 2.27. The van der Waals surface area contributed by atoms with Gasteiger partial charge in [0.1, 0.15) is 17.6 Å².